The summed E-state index contributed by atoms with van der Waals surface area (Å²) in [6, 6.07) is -0.922. The summed E-state index contributed by atoms with van der Waals surface area (Å²) in [7, 11) is 1.19. The van der Waals surface area contributed by atoms with Gasteiger partial charge in [-0.1, -0.05) is 0 Å². The number of hydrazine groups is 1. The van der Waals surface area contributed by atoms with E-state index < -0.39 is 23.8 Å². The number of ether oxygens (including phenoxy) is 1. The van der Waals surface area contributed by atoms with Crippen molar-refractivity contribution in [1.82, 2.24) is 10.4 Å². The first-order chi connectivity index (χ1) is 9.29. The number of hydrogen-bond acceptors (Lipinski definition) is 5. The molecule has 1 heterocycles. The van der Waals surface area contributed by atoms with Gasteiger partial charge >= 0.3 is 12.0 Å². The van der Waals surface area contributed by atoms with Gasteiger partial charge in [0.05, 0.1) is 24.3 Å². The van der Waals surface area contributed by atoms with Gasteiger partial charge in [-0.05, 0) is 20.3 Å². The third kappa shape index (κ3) is 3.14. The Hall–Kier alpha value is -2.38. The number of primary amides is 1. The minimum atomic E-state index is -0.922. The molecule has 0 aromatic carbocycles. The predicted octanol–water partition coefficient (Wildman–Crippen LogP) is -0.156. The van der Waals surface area contributed by atoms with Crippen molar-refractivity contribution < 1.29 is 23.9 Å². The van der Waals surface area contributed by atoms with Gasteiger partial charge in [-0.25, -0.2) is 20.0 Å². The van der Waals surface area contributed by atoms with Gasteiger partial charge in [0, 0.05) is 6.42 Å². The Bertz CT molecular complexity index is 497. The number of Topliss-reactive ketones (excluding diaryl/α,β-unsaturated/α-hetero) is 1. The maximum absolute atomic E-state index is 12.2. The van der Waals surface area contributed by atoms with Gasteiger partial charge in [0.2, 0.25) is 0 Å². The second-order valence-electron chi connectivity index (χ2n) is 4.43. The van der Waals surface area contributed by atoms with E-state index in [4.69, 9.17) is 5.73 Å². The van der Waals surface area contributed by atoms with Crippen LogP contribution in [-0.2, 0) is 19.1 Å². The van der Waals surface area contributed by atoms with Crippen LogP contribution in [0, 0.1) is 5.92 Å². The highest BCUT2D eigenvalue weighted by atomic mass is 16.5. The zero-order valence-corrected chi connectivity index (χ0v) is 11.6. The predicted molar refractivity (Wildman–Crippen MR) is 67.7 cm³/mol. The summed E-state index contributed by atoms with van der Waals surface area (Å²) in [4.78, 5) is 45.9. The molecular weight excluding hydrogens is 266 g/mol. The summed E-state index contributed by atoms with van der Waals surface area (Å²) in [6.07, 6.45) is 0.321. The molecule has 0 aromatic rings. The fourth-order valence-corrected chi connectivity index (χ4v) is 2.08. The number of hydrogen-bond donors (Lipinski definition) is 2. The number of methoxy groups -OCH3 is 1. The molecule has 1 atom stereocenters. The average molecular weight is 283 g/mol. The van der Waals surface area contributed by atoms with Crippen LogP contribution < -0.4 is 11.2 Å². The van der Waals surface area contributed by atoms with Gasteiger partial charge in [0.15, 0.2) is 0 Å². The molecule has 110 valence electrons. The van der Waals surface area contributed by atoms with Crippen molar-refractivity contribution in [2.24, 2.45) is 11.7 Å². The molecule has 20 heavy (non-hydrogen) atoms. The minimum absolute atomic E-state index is 0.0963. The number of amides is 3. The molecular formula is C12H17N3O5. The first-order valence-corrected chi connectivity index (χ1v) is 5.98. The molecule has 1 rings (SSSR count). The molecule has 1 unspecified atom stereocenters. The SMILES string of the molecule is COC(=O)C1=C(C)N(NC(N)=O)C(=O)C1CCC(C)=O. The quantitative estimate of drug-likeness (QED) is 0.680. The molecule has 0 bridgehead atoms. The van der Waals surface area contributed by atoms with Crippen molar-refractivity contribution in [3.05, 3.63) is 11.3 Å². The topological polar surface area (TPSA) is 119 Å². The molecule has 0 aromatic heterocycles. The Morgan fingerprint density at radius 1 is 1.40 bits per heavy atom. The maximum Gasteiger partial charge on any atom is 0.336 e. The highest BCUT2D eigenvalue weighted by Gasteiger charge is 2.42. The number of carbonyl (C=O) groups excluding carboxylic acids is 4. The number of nitrogens with two attached hydrogens (primary N) is 1. The lowest BCUT2D eigenvalue weighted by molar-refractivity contribution is -0.139. The zero-order valence-electron chi connectivity index (χ0n) is 11.6. The Balaban J connectivity index is 3.08. The third-order valence-corrected chi connectivity index (χ3v) is 3.00. The van der Waals surface area contributed by atoms with Crippen LogP contribution in [-0.4, -0.2) is 35.8 Å². The largest absolute Gasteiger partial charge is 0.466 e. The molecule has 3 N–H and O–H groups in total. The van der Waals surface area contributed by atoms with Gasteiger partial charge in [-0.2, -0.15) is 0 Å². The lowest BCUT2D eigenvalue weighted by Crippen LogP contribution is -2.46. The Labute approximate surface area is 115 Å². The second-order valence-corrected chi connectivity index (χ2v) is 4.43. The summed E-state index contributed by atoms with van der Waals surface area (Å²) >= 11 is 0. The van der Waals surface area contributed by atoms with Crippen LogP contribution in [0.15, 0.2) is 11.3 Å². The van der Waals surface area contributed by atoms with E-state index in [1.807, 2.05) is 0 Å². The summed E-state index contributed by atoms with van der Waals surface area (Å²) in [5.74, 6) is -2.10. The molecule has 0 fully saturated rings. The normalized spacial score (nSPS) is 18.2. The van der Waals surface area contributed by atoms with Crippen molar-refractivity contribution in [3.8, 4) is 0 Å². The molecule has 0 saturated heterocycles. The van der Waals surface area contributed by atoms with Gasteiger partial charge in [-0.15, -0.1) is 0 Å². The number of carbonyl (C=O) groups is 4. The van der Waals surface area contributed by atoms with E-state index in [-0.39, 0.29) is 29.9 Å². The number of allylic oxidation sites excluding steroid dienone is 1. The first kappa shape index (κ1) is 15.7. The highest BCUT2D eigenvalue weighted by Crippen LogP contribution is 2.32. The number of urea groups is 1. The number of nitrogens with one attached hydrogen (secondary N) is 1. The van der Waals surface area contributed by atoms with Crippen molar-refractivity contribution >= 4 is 23.7 Å². The standard InChI is InChI=1S/C12H17N3O5/c1-6(16)4-5-8-9(11(18)20-3)7(2)15(10(8)17)14-12(13)19/h8H,4-5H2,1-3H3,(H3,13,14,19). The van der Waals surface area contributed by atoms with Crippen molar-refractivity contribution in [3.63, 3.8) is 0 Å². The minimum Gasteiger partial charge on any atom is -0.466 e. The van der Waals surface area contributed by atoms with Crippen LogP contribution in [0.4, 0.5) is 4.79 Å². The van der Waals surface area contributed by atoms with E-state index in [9.17, 15) is 19.2 Å². The summed E-state index contributed by atoms with van der Waals surface area (Å²) in [5.41, 5.74) is 7.50. The van der Waals surface area contributed by atoms with Crippen molar-refractivity contribution in [2.45, 2.75) is 26.7 Å². The fraction of sp³-hybridized carbons (Fsp3) is 0.500. The molecule has 1 aliphatic heterocycles. The Morgan fingerprint density at radius 3 is 2.45 bits per heavy atom. The smallest absolute Gasteiger partial charge is 0.336 e. The Kier molecular flexibility index (Phi) is 4.84. The van der Waals surface area contributed by atoms with Crippen molar-refractivity contribution in [2.75, 3.05) is 7.11 Å². The van der Waals surface area contributed by atoms with E-state index in [1.54, 1.807) is 0 Å². The van der Waals surface area contributed by atoms with Gasteiger partial charge in [0.1, 0.15) is 5.78 Å². The third-order valence-electron chi connectivity index (χ3n) is 3.00. The number of ketones is 1. The van der Waals surface area contributed by atoms with E-state index in [0.717, 1.165) is 5.01 Å². The van der Waals surface area contributed by atoms with Crippen LogP contribution in [0.1, 0.15) is 26.7 Å². The van der Waals surface area contributed by atoms with Gasteiger partial charge in [-0.3, -0.25) is 4.79 Å². The van der Waals surface area contributed by atoms with E-state index >= 15 is 0 Å². The highest BCUT2D eigenvalue weighted by molar-refractivity contribution is 6.02. The monoisotopic (exact) mass is 283 g/mol. The number of rotatable bonds is 5. The molecule has 0 saturated carbocycles. The lowest BCUT2D eigenvalue weighted by Gasteiger charge is -2.18. The fourth-order valence-electron chi connectivity index (χ4n) is 2.08. The van der Waals surface area contributed by atoms with Crippen LogP contribution in [0.5, 0.6) is 0 Å². The van der Waals surface area contributed by atoms with E-state index in [0.29, 0.717) is 0 Å². The van der Waals surface area contributed by atoms with Gasteiger partial charge in [0.25, 0.3) is 5.91 Å². The lowest BCUT2D eigenvalue weighted by atomic mass is 9.94. The zero-order chi connectivity index (χ0) is 15.4. The molecule has 1 aliphatic rings. The molecule has 0 radical (unpaired) electrons. The maximum atomic E-state index is 12.2. The first-order valence-electron chi connectivity index (χ1n) is 5.98. The Morgan fingerprint density at radius 2 is 2.00 bits per heavy atom. The number of nitrogens with zero attached hydrogens (tertiary/aromatic N) is 1. The van der Waals surface area contributed by atoms with Crippen LogP contribution in [0.25, 0.3) is 0 Å². The summed E-state index contributed by atoms with van der Waals surface area (Å²) < 4.78 is 4.64. The number of esters is 1. The van der Waals surface area contributed by atoms with Crippen LogP contribution in [0.3, 0.4) is 0 Å². The molecule has 0 spiro atoms. The van der Waals surface area contributed by atoms with Crippen LogP contribution in [0.2, 0.25) is 0 Å². The average Bonchev–Trinajstić information content (AvgIpc) is 2.59. The van der Waals surface area contributed by atoms with E-state index in [1.165, 1.54) is 21.0 Å². The summed E-state index contributed by atoms with van der Waals surface area (Å²) in [5, 5.41) is 0.916. The molecule has 3 amide bonds. The second kappa shape index (κ2) is 6.18. The van der Waals surface area contributed by atoms with Crippen LogP contribution >= 0.6 is 0 Å². The van der Waals surface area contributed by atoms with Gasteiger partial charge < -0.3 is 15.3 Å². The molecule has 0 aliphatic carbocycles. The molecule has 8 heteroatoms. The van der Waals surface area contributed by atoms with E-state index in [2.05, 4.69) is 10.2 Å². The summed E-state index contributed by atoms with van der Waals surface area (Å²) in [6.45, 7) is 2.89. The van der Waals surface area contributed by atoms with Crippen molar-refractivity contribution in [1.29, 1.82) is 0 Å². The molecule has 8 nitrogen and oxygen atoms in total.